The van der Waals surface area contributed by atoms with Gasteiger partial charge in [0.1, 0.15) is 0 Å². The van der Waals surface area contributed by atoms with Crippen LogP contribution in [0.2, 0.25) is 0 Å². The summed E-state index contributed by atoms with van der Waals surface area (Å²) in [5, 5.41) is 17.4. The first-order chi connectivity index (χ1) is 25.0. The number of unbranched alkanes of at least 4 members (excludes halogenated alkanes) is 7. The highest BCUT2D eigenvalue weighted by atomic mass is 16.5. The number of rotatable bonds is 24. The quantitative estimate of drug-likeness (QED) is 0.0333. The Morgan fingerprint density at radius 1 is 0.549 bits per heavy atom. The van der Waals surface area contributed by atoms with E-state index in [4.69, 9.17) is 10.4 Å². The SMILES string of the molecule is O=C(CCCCCCCC(Cc1cccc(-c2cccc(CN(CCCCCCC(=O)NO)CCc3ccccc3)c2)c1)c1ccccc1)NO. The van der Waals surface area contributed by atoms with Crippen LogP contribution < -0.4 is 11.0 Å². The van der Waals surface area contributed by atoms with Crippen LogP contribution in [0.25, 0.3) is 11.1 Å². The van der Waals surface area contributed by atoms with Crippen LogP contribution in [0.1, 0.15) is 105 Å². The van der Waals surface area contributed by atoms with Gasteiger partial charge in [0.05, 0.1) is 0 Å². The van der Waals surface area contributed by atoms with Crippen molar-refractivity contribution in [2.24, 2.45) is 0 Å². The third kappa shape index (κ3) is 15.2. The molecule has 272 valence electrons. The minimum Gasteiger partial charge on any atom is -0.299 e. The van der Waals surface area contributed by atoms with Crippen molar-refractivity contribution in [3.05, 3.63) is 131 Å². The Balaban J connectivity index is 1.37. The molecule has 0 saturated heterocycles. The Labute approximate surface area is 305 Å². The van der Waals surface area contributed by atoms with Crippen LogP contribution >= 0.6 is 0 Å². The van der Waals surface area contributed by atoms with Crippen molar-refractivity contribution in [3.8, 4) is 11.1 Å². The molecule has 0 bridgehead atoms. The van der Waals surface area contributed by atoms with Gasteiger partial charge in [-0.1, -0.05) is 142 Å². The molecule has 0 aromatic heterocycles. The van der Waals surface area contributed by atoms with Gasteiger partial charge in [0, 0.05) is 25.9 Å². The third-order valence-corrected chi connectivity index (χ3v) is 9.74. The first kappa shape index (κ1) is 39.5. The van der Waals surface area contributed by atoms with Gasteiger partial charge in [-0.3, -0.25) is 24.9 Å². The van der Waals surface area contributed by atoms with Crippen LogP contribution in [-0.4, -0.2) is 40.2 Å². The predicted octanol–water partition coefficient (Wildman–Crippen LogP) is 9.42. The summed E-state index contributed by atoms with van der Waals surface area (Å²) in [6.45, 7) is 2.87. The van der Waals surface area contributed by atoms with E-state index in [2.05, 4.69) is 114 Å². The average Bonchev–Trinajstić information content (AvgIpc) is 3.18. The van der Waals surface area contributed by atoms with Crippen LogP contribution in [0.15, 0.2) is 109 Å². The number of amides is 2. The van der Waals surface area contributed by atoms with Crippen LogP contribution in [0.4, 0.5) is 0 Å². The Kier molecular flexibility index (Phi) is 18.0. The summed E-state index contributed by atoms with van der Waals surface area (Å²) < 4.78 is 0. The topological polar surface area (TPSA) is 102 Å². The Bertz CT molecular complexity index is 1560. The molecule has 51 heavy (non-hydrogen) atoms. The van der Waals surface area contributed by atoms with Crippen molar-refractivity contribution in [2.45, 2.75) is 102 Å². The maximum Gasteiger partial charge on any atom is 0.243 e. The van der Waals surface area contributed by atoms with E-state index in [1.54, 1.807) is 11.0 Å². The van der Waals surface area contributed by atoms with Gasteiger partial charge in [-0.05, 0) is 90.4 Å². The lowest BCUT2D eigenvalue weighted by Gasteiger charge is -2.23. The van der Waals surface area contributed by atoms with Crippen LogP contribution in [0.3, 0.4) is 0 Å². The number of benzene rings is 4. The van der Waals surface area contributed by atoms with Crippen LogP contribution in [0.5, 0.6) is 0 Å². The van der Waals surface area contributed by atoms with Crippen LogP contribution in [0, 0.1) is 0 Å². The number of carbonyl (C=O) groups excluding carboxylic acids is 2. The average molecular weight is 692 g/mol. The number of hydroxylamine groups is 2. The minimum absolute atomic E-state index is 0.304. The lowest BCUT2D eigenvalue weighted by molar-refractivity contribution is -0.130. The summed E-state index contributed by atoms with van der Waals surface area (Å²) in [5.41, 5.74) is 11.3. The molecule has 7 nitrogen and oxygen atoms in total. The molecule has 0 heterocycles. The maximum atomic E-state index is 11.3. The monoisotopic (exact) mass is 691 g/mol. The van der Waals surface area contributed by atoms with Crippen molar-refractivity contribution in [2.75, 3.05) is 13.1 Å². The fourth-order valence-corrected chi connectivity index (χ4v) is 6.88. The minimum atomic E-state index is -0.312. The van der Waals surface area contributed by atoms with E-state index in [9.17, 15) is 9.59 Å². The zero-order chi connectivity index (χ0) is 35.9. The van der Waals surface area contributed by atoms with E-state index in [1.165, 1.54) is 33.4 Å². The van der Waals surface area contributed by atoms with Crippen LogP contribution in [-0.2, 0) is 29.0 Å². The van der Waals surface area contributed by atoms with E-state index >= 15 is 0 Å². The number of nitrogens with one attached hydrogen (secondary N) is 2. The van der Waals surface area contributed by atoms with Gasteiger partial charge in [0.2, 0.25) is 11.8 Å². The van der Waals surface area contributed by atoms with Gasteiger partial charge in [-0.15, -0.1) is 0 Å². The molecule has 2 amide bonds. The molecule has 0 saturated carbocycles. The van der Waals surface area contributed by atoms with Crippen molar-refractivity contribution in [1.29, 1.82) is 0 Å². The van der Waals surface area contributed by atoms with E-state index in [-0.39, 0.29) is 11.8 Å². The molecule has 4 aromatic carbocycles. The van der Waals surface area contributed by atoms with Gasteiger partial charge >= 0.3 is 0 Å². The number of nitrogens with zero attached hydrogens (tertiary/aromatic N) is 1. The maximum absolute atomic E-state index is 11.3. The summed E-state index contributed by atoms with van der Waals surface area (Å²) >= 11 is 0. The van der Waals surface area contributed by atoms with Gasteiger partial charge in [-0.25, -0.2) is 11.0 Å². The van der Waals surface area contributed by atoms with Crippen molar-refractivity contribution in [3.63, 3.8) is 0 Å². The zero-order valence-electron chi connectivity index (χ0n) is 30.1. The molecule has 4 rings (SSSR count). The second kappa shape index (κ2) is 23.2. The van der Waals surface area contributed by atoms with Gasteiger partial charge < -0.3 is 0 Å². The number of hydrogen-bond donors (Lipinski definition) is 4. The molecule has 0 radical (unpaired) electrons. The summed E-state index contributed by atoms with van der Waals surface area (Å²) in [6.07, 6.45) is 13.0. The highest BCUT2D eigenvalue weighted by Crippen LogP contribution is 2.29. The standard InChI is InChI=1S/C44H57N3O4/c48-43(45-50)27-13-3-1-2-10-24-40(39-22-11-7-12-23-39)32-37-20-16-25-41(33-37)42-26-17-21-38(34-42)35-47(31-29-36-18-8-6-9-19-36)30-15-5-4-14-28-44(49)46-51/h6-9,11-12,16-23,25-26,33-34,40,50-51H,1-5,10,13-15,24,27-32,35H2,(H,45,48)(H,46,49). The third-order valence-electron chi connectivity index (χ3n) is 9.74. The van der Waals surface area contributed by atoms with E-state index in [1.807, 2.05) is 0 Å². The molecule has 1 unspecified atom stereocenters. The van der Waals surface area contributed by atoms with E-state index < -0.39 is 0 Å². The fourth-order valence-electron chi connectivity index (χ4n) is 6.88. The summed E-state index contributed by atoms with van der Waals surface area (Å²) in [6, 6.07) is 39.6. The molecule has 4 aromatic rings. The first-order valence-electron chi connectivity index (χ1n) is 18.9. The molecule has 0 aliphatic heterocycles. The largest absolute Gasteiger partial charge is 0.299 e. The number of carbonyl (C=O) groups is 2. The molecular formula is C44H57N3O4. The second-order valence-electron chi connectivity index (χ2n) is 13.8. The number of hydrogen-bond acceptors (Lipinski definition) is 5. The summed E-state index contributed by atoms with van der Waals surface area (Å²) in [7, 11) is 0. The first-order valence-corrected chi connectivity index (χ1v) is 18.9. The Hall–Kier alpha value is -4.30. The van der Waals surface area contributed by atoms with Gasteiger partial charge in [0.15, 0.2) is 0 Å². The fraction of sp³-hybridized carbons (Fsp3) is 0.409. The van der Waals surface area contributed by atoms with E-state index in [0.29, 0.717) is 18.8 Å². The van der Waals surface area contributed by atoms with E-state index in [0.717, 1.165) is 96.7 Å². The predicted molar refractivity (Wildman–Crippen MR) is 205 cm³/mol. The van der Waals surface area contributed by atoms with Crippen molar-refractivity contribution >= 4 is 11.8 Å². The molecule has 1 atom stereocenters. The molecule has 4 N–H and O–H groups in total. The van der Waals surface area contributed by atoms with Gasteiger partial charge in [-0.2, -0.15) is 0 Å². The lowest BCUT2D eigenvalue weighted by Crippen LogP contribution is -2.27. The molecule has 0 aliphatic carbocycles. The highest BCUT2D eigenvalue weighted by Gasteiger charge is 2.14. The Morgan fingerprint density at radius 3 is 1.73 bits per heavy atom. The summed E-state index contributed by atoms with van der Waals surface area (Å²) in [4.78, 5) is 25.2. The second-order valence-corrected chi connectivity index (χ2v) is 13.8. The zero-order valence-corrected chi connectivity index (χ0v) is 30.1. The molecular weight excluding hydrogens is 635 g/mol. The smallest absolute Gasteiger partial charge is 0.243 e. The van der Waals surface area contributed by atoms with Crippen molar-refractivity contribution in [1.82, 2.24) is 15.9 Å². The van der Waals surface area contributed by atoms with Crippen molar-refractivity contribution < 1.29 is 20.0 Å². The van der Waals surface area contributed by atoms with Gasteiger partial charge in [0.25, 0.3) is 0 Å². The normalized spacial score (nSPS) is 11.7. The molecule has 0 spiro atoms. The molecule has 0 fully saturated rings. The highest BCUT2D eigenvalue weighted by molar-refractivity contribution is 5.74. The summed E-state index contributed by atoms with van der Waals surface area (Å²) in [5.74, 6) is -0.173. The molecule has 0 aliphatic rings. The lowest BCUT2D eigenvalue weighted by atomic mass is 9.86. The Morgan fingerprint density at radius 2 is 1.08 bits per heavy atom. The molecule has 7 heteroatoms.